The minimum atomic E-state index is -0.207. The lowest BCUT2D eigenvalue weighted by molar-refractivity contribution is 0.102. The third kappa shape index (κ3) is 5.39. The zero-order chi connectivity index (χ0) is 24.2. The lowest BCUT2D eigenvalue weighted by Gasteiger charge is -2.36. The van der Waals surface area contributed by atoms with Crippen molar-refractivity contribution in [2.75, 3.05) is 25.5 Å². The van der Waals surface area contributed by atoms with E-state index in [1.165, 1.54) is 31.2 Å². The molecule has 3 aromatic carbocycles. The van der Waals surface area contributed by atoms with Gasteiger partial charge in [-0.2, -0.15) is 0 Å². The van der Waals surface area contributed by atoms with Crippen molar-refractivity contribution in [2.45, 2.75) is 50.5 Å². The Morgan fingerprint density at radius 1 is 0.914 bits per heavy atom. The van der Waals surface area contributed by atoms with Crippen molar-refractivity contribution in [3.8, 4) is 16.9 Å². The first kappa shape index (κ1) is 23.9. The van der Waals surface area contributed by atoms with Gasteiger partial charge in [-0.25, -0.2) is 0 Å². The van der Waals surface area contributed by atoms with E-state index in [4.69, 9.17) is 16.3 Å². The van der Waals surface area contributed by atoms with Gasteiger partial charge in [0.2, 0.25) is 0 Å². The quantitative estimate of drug-likeness (QED) is 0.393. The molecule has 1 saturated heterocycles. The Kier molecular flexibility index (Phi) is 7.40. The second-order valence-electron chi connectivity index (χ2n) is 9.72. The Balaban J connectivity index is 1.29. The van der Waals surface area contributed by atoms with Crippen molar-refractivity contribution in [1.29, 1.82) is 0 Å². The van der Waals surface area contributed by atoms with Crippen LogP contribution < -0.4 is 10.1 Å². The molecule has 1 amide bonds. The van der Waals surface area contributed by atoms with Crippen LogP contribution >= 0.6 is 11.6 Å². The van der Waals surface area contributed by atoms with E-state index in [9.17, 15) is 4.79 Å². The van der Waals surface area contributed by atoms with Crippen molar-refractivity contribution in [1.82, 2.24) is 4.90 Å². The minimum Gasteiger partial charge on any atom is -0.496 e. The van der Waals surface area contributed by atoms with Gasteiger partial charge >= 0.3 is 0 Å². The Bertz CT molecular complexity index is 1170. The summed E-state index contributed by atoms with van der Waals surface area (Å²) < 4.78 is 5.70. The normalized spacial score (nSPS) is 17.4. The molecule has 0 spiro atoms. The number of carbonyl (C=O) groups is 1. The van der Waals surface area contributed by atoms with E-state index in [1.54, 1.807) is 13.2 Å². The van der Waals surface area contributed by atoms with E-state index < -0.39 is 0 Å². The van der Waals surface area contributed by atoms with Gasteiger partial charge in [-0.3, -0.25) is 4.79 Å². The number of anilines is 1. The van der Waals surface area contributed by atoms with E-state index in [0.717, 1.165) is 54.5 Å². The molecule has 4 nitrogen and oxygen atoms in total. The topological polar surface area (TPSA) is 41.6 Å². The van der Waals surface area contributed by atoms with Crippen LogP contribution in [0.25, 0.3) is 11.1 Å². The van der Waals surface area contributed by atoms with Gasteiger partial charge in [0.05, 0.1) is 17.7 Å². The van der Waals surface area contributed by atoms with Gasteiger partial charge in [0.25, 0.3) is 5.91 Å². The third-order valence-electron chi connectivity index (χ3n) is 7.62. The lowest BCUT2D eigenvalue weighted by Crippen LogP contribution is -2.39. The van der Waals surface area contributed by atoms with Crippen molar-refractivity contribution in [3.05, 3.63) is 82.9 Å². The molecule has 1 aliphatic carbocycles. The fourth-order valence-corrected chi connectivity index (χ4v) is 5.95. The van der Waals surface area contributed by atoms with E-state index in [-0.39, 0.29) is 5.91 Å². The van der Waals surface area contributed by atoms with Crippen LogP contribution in [0.15, 0.2) is 66.7 Å². The number of nitrogens with one attached hydrogen (secondary N) is 1. The van der Waals surface area contributed by atoms with Gasteiger partial charge in [0.1, 0.15) is 5.75 Å². The molecule has 0 atom stereocenters. The number of likely N-dealkylation sites (tertiary alicyclic amines) is 1. The summed E-state index contributed by atoms with van der Waals surface area (Å²) in [5.74, 6) is 1.13. The molecule has 1 N–H and O–H groups in total. The standard InChI is InChI=1S/C30H33ClN2O2/c1-35-29-14-12-24(20-27(29)22-15-17-33(18-16-22)25-9-5-6-10-25)32-30(34)26-13-11-23(19-28(26)31)21-7-3-2-4-8-21/h2-4,7-8,11-14,19-20,22,25H,5-6,9-10,15-18H2,1H3,(H,32,34). The average Bonchev–Trinajstić information content (AvgIpc) is 3.44. The monoisotopic (exact) mass is 488 g/mol. The first-order valence-corrected chi connectivity index (χ1v) is 13.1. The molecule has 1 saturated carbocycles. The van der Waals surface area contributed by atoms with Gasteiger partial charge in [-0.15, -0.1) is 0 Å². The highest BCUT2D eigenvalue weighted by atomic mass is 35.5. The maximum absolute atomic E-state index is 13.1. The Labute approximate surface area is 213 Å². The van der Waals surface area contributed by atoms with Crippen molar-refractivity contribution < 1.29 is 9.53 Å². The number of ether oxygens (including phenoxy) is 1. The zero-order valence-electron chi connectivity index (χ0n) is 20.3. The average molecular weight is 489 g/mol. The summed E-state index contributed by atoms with van der Waals surface area (Å²) in [6.45, 7) is 2.27. The summed E-state index contributed by atoms with van der Waals surface area (Å²) in [4.78, 5) is 15.8. The van der Waals surface area contributed by atoms with Crippen molar-refractivity contribution >= 4 is 23.2 Å². The maximum atomic E-state index is 13.1. The Hall–Kier alpha value is -2.82. The van der Waals surface area contributed by atoms with Crippen molar-refractivity contribution in [2.24, 2.45) is 0 Å². The van der Waals surface area contributed by atoms with E-state index in [0.29, 0.717) is 16.5 Å². The second kappa shape index (κ2) is 10.8. The fraction of sp³-hybridized carbons (Fsp3) is 0.367. The molecule has 1 heterocycles. The summed E-state index contributed by atoms with van der Waals surface area (Å²) in [6, 6.07) is 22.3. The first-order valence-electron chi connectivity index (χ1n) is 12.7. The number of amides is 1. The number of carbonyl (C=O) groups excluding carboxylic acids is 1. The van der Waals surface area contributed by atoms with Crippen LogP contribution in [0.5, 0.6) is 5.75 Å². The van der Waals surface area contributed by atoms with Crippen LogP contribution in [-0.4, -0.2) is 37.0 Å². The number of benzene rings is 3. The van der Waals surface area contributed by atoms with Crippen LogP contribution in [0.1, 0.15) is 60.4 Å². The molecule has 2 fully saturated rings. The number of hydrogen-bond donors (Lipinski definition) is 1. The molecular formula is C30H33ClN2O2. The molecule has 3 aromatic rings. The van der Waals surface area contributed by atoms with Gasteiger partial charge in [0.15, 0.2) is 0 Å². The molecule has 5 heteroatoms. The number of methoxy groups -OCH3 is 1. The smallest absolute Gasteiger partial charge is 0.257 e. The summed E-state index contributed by atoms with van der Waals surface area (Å²) in [6.07, 6.45) is 7.70. The summed E-state index contributed by atoms with van der Waals surface area (Å²) >= 11 is 6.52. The van der Waals surface area contributed by atoms with Crippen LogP contribution in [0.4, 0.5) is 5.69 Å². The van der Waals surface area contributed by atoms with E-state index >= 15 is 0 Å². The van der Waals surface area contributed by atoms with Crippen LogP contribution in [-0.2, 0) is 0 Å². The van der Waals surface area contributed by atoms with E-state index in [1.807, 2.05) is 54.6 Å². The number of halogens is 1. The Morgan fingerprint density at radius 2 is 1.66 bits per heavy atom. The molecule has 1 aliphatic heterocycles. The molecular weight excluding hydrogens is 456 g/mol. The molecule has 0 unspecified atom stereocenters. The SMILES string of the molecule is COc1ccc(NC(=O)c2ccc(-c3ccccc3)cc2Cl)cc1C1CCN(C2CCCC2)CC1. The summed E-state index contributed by atoms with van der Waals surface area (Å²) in [5.41, 5.74) is 4.48. The van der Waals surface area contributed by atoms with Gasteiger partial charge in [-0.1, -0.05) is 60.8 Å². The third-order valence-corrected chi connectivity index (χ3v) is 7.93. The van der Waals surface area contributed by atoms with Gasteiger partial charge in [-0.05, 0) is 91.7 Å². The number of nitrogens with zero attached hydrogens (tertiary/aromatic N) is 1. The largest absolute Gasteiger partial charge is 0.496 e. The fourth-order valence-electron chi connectivity index (χ4n) is 5.68. The van der Waals surface area contributed by atoms with Gasteiger partial charge < -0.3 is 15.0 Å². The molecule has 35 heavy (non-hydrogen) atoms. The molecule has 0 bridgehead atoms. The molecule has 0 aromatic heterocycles. The number of hydrogen-bond acceptors (Lipinski definition) is 3. The first-order chi connectivity index (χ1) is 17.1. The highest BCUT2D eigenvalue weighted by molar-refractivity contribution is 6.34. The van der Waals surface area contributed by atoms with Crippen LogP contribution in [0.3, 0.4) is 0 Å². The molecule has 0 radical (unpaired) electrons. The second-order valence-corrected chi connectivity index (χ2v) is 10.1. The van der Waals surface area contributed by atoms with Crippen LogP contribution in [0, 0.1) is 0 Å². The Morgan fingerprint density at radius 3 is 2.34 bits per heavy atom. The highest BCUT2D eigenvalue weighted by Gasteiger charge is 2.29. The summed E-state index contributed by atoms with van der Waals surface area (Å²) in [7, 11) is 1.72. The zero-order valence-corrected chi connectivity index (χ0v) is 21.1. The van der Waals surface area contributed by atoms with E-state index in [2.05, 4.69) is 16.3 Å². The predicted molar refractivity (Wildman–Crippen MR) is 144 cm³/mol. The predicted octanol–water partition coefficient (Wildman–Crippen LogP) is 7.39. The lowest BCUT2D eigenvalue weighted by atomic mass is 9.87. The number of rotatable bonds is 6. The van der Waals surface area contributed by atoms with Crippen LogP contribution in [0.2, 0.25) is 5.02 Å². The minimum absolute atomic E-state index is 0.207. The van der Waals surface area contributed by atoms with Gasteiger partial charge in [0, 0.05) is 11.7 Å². The number of piperidine rings is 1. The maximum Gasteiger partial charge on any atom is 0.257 e. The molecule has 182 valence electrons. The van der Waals surface area contributed by atoms with Crippen molar-refractivity contribution in [3.63, 3.8) is 0 Å². The molecule has 5 rings (SSSR count). The highest BCUT2D eigenvalue weighted by Crippen LogP contribution is 2.38. The summed E-state index contributed by atoms with van der Waals surface area (Å²) in [5, 5.41) is 3.49. The molecule has 2 aliphatic rings.